The quantitative estimate of drug-likeness (QED) is 0.862. The molecule has 0 saturated carbocycles. The second kappa shape index (κ2) is 7.57. The fraction of sp³-hybridized carbons (Fsp3) is 0.800. The maximum absolute atomic E-state index is 4.54. The van der Waals surface area contributed by atoms with E-state index < -0.39 is 0 Å². The monoisotopic (exact) mass is 342 g/mol. The Morgan fingerprint density at radius 3 is 2.55 bits per heavy atom. The molecule has 5 heteroatoms. The molecule has 1 saturated heterocycles. The van der Waals surface area contributed by atoms with Gasteiger partial charge in [-0.25, -0.2) is 0 Å². The lowest BCUT2D eigenvalue weighted by molar-refractivity contribution is 0.190. The van der Waals surface area contributed by atoms with Crippen LogP contribution in [0, 0.1) is 5.92 Å². The summed E-state index contributed by atoms with van der Waals surface area (Å²) < 4.78 is 3.17. The Kier molecular flexibility index (Phi) is 6.05. The summed E-state index contributed by atoms with van der Waals surface area (Å²) in [6.07, 6.45) is 3.63. The molecule has 0 spiro atoms. The van der Waals surface area contributed by atoms with Gasteiger partial charge in [0.05, 0.1) is 15.9 Å². The third-order valence-electron chi connectivity index (χ3n) is 4.38. The van der Waals surface area contributed by atoms with E-state index in [-0.39, 0.29) is 0 Å². The van der Waals surface area contributed by atoms with Crippen LogP contribution >= 0.6 is 15.9 Å². The predicted molar refractivity (Wildman–Crippen MR) is 86.8 cm³/mol. The van der Waals surface area contributed by atoms with Crippen LogP contribution in [0.5, 0.6) is 0 Å². The minimum Gasteiger partial charge on any atom is -0.311 e. The number of hydrogen-bond donors (Lipinski definition) is 1. The van der Waals surface area contributed by atoms with E-state index in [0.29, 0.717) is 0 Å². The first-order valence-corrected chi connectivity index (χ1v) is 8.58. The summed E-state index contributed by atoms with van der Waals surface area (Å²) in [7, 11) is 2.03. The first-order chi connectivity index (χ1) is 9.65. The van der Waals surface area contributed by atoms with Gasteiger partial charge in [-0.15, -0.1) is 0 Å². The Balaban J connectivity index is 1.78. The van der Waals surface area contributed by atoms with Gasteiger partial charge in [0.1, 0.15) is 0 Å². The van der Waals surface area contributed by atoms with Crippen molar-refractivity contribution in [1.82, 2.24) is 20.0 Å². The van der Waals surface area contributed by atoms with Crippen molar-refractivity contribution in [1.29, 1.82) is 0 Å². The number of aryl methyl sites for hydroxylation is 2. The van der Waals surface area contributed by atoms with Gasteiger partial charge in [-0.2, -0.15) is 5.10 Å². The standard InChI is InChI=1S/C15H27BrN4/c1-4-13-15(16)14(19(3)18-13)11-17-10-12-6-8-20(5-2)9-7-12/h12,17H,4-11H2,1-3H3. The van der Waals surface area contributed by atoms with Crippen LogP contribution in [0.15, 0.2) is 4.47 Å². The van der Waals surface area contributed by atoms with Crippen LogP contribution in [-0.2, 0) is 20.0 Å². The van der Waals surface area contributed by atoms with Crippen molar-refractivity contribution < 1.29 is 0 Å². The van der Waals surface area contributed by atoms with Gasteiger partial charge in [0, 0.05) is 13.6 Å². The third kappa shape index (κ3) is 3.83. The maximum atomic E-state index is 4.54. The molecule has 1 fully saturated rings. The lowest BCUT2D eigenvalue weighted by atomic mass is 9.97. The lowest BCUT2D eigenvalue weighted by Gasteiger charge is -2.31. The number of rotatable bonds is 6. The average molecular weight is 343 g/mol. The second-order valence-electron chi connectivity index (χ2n) is 5.69. The number of hydrogen-bond acceptors (Lipinski definition) is 3. The zero-order chi connectivity index (χ0) is 14.5. The van der Waals surface area contributed by atoms with Crippen molar-refractivity contribution in [2.45, 2.75) is 39.7 Å². The number of halogens is 1. The largest absolute Gasteiger partial charge is 0.311 e. The van der Waals surface area contributed by atoms with Crippen LogP contribution in [0.4, 0.5) is 0 Å². The SMILES string of the molecule is CCc1nn(C)c(CNCC2CCN(CC)CC2)c1Br. The predicted octanol–water partition coefficient (Wildman–Crippen LogP) is 2.57. The molecule has 1 aliphatic rings. The second-order valence-corrected chi connectivity index (χ2v) is 6.49. The topological polar surface area (TPSA) is 33.1 Å². The van der Waals surface area contributed by atoms with Gasteiger partial charge in [-0.3, -0.25) is 4.68 Å². The molecule has 2 rings (SSSR count). The lowest BCUT2D eigenvalue weighted by Crippen LogP contribution is -2.37. The van der Waals surface area contributed by atoms with Crippen molar-refractivity contribution in [2.24, 2.45) is 13.0 Å². The molecule has 0 aromatic carbocycles. The Bertz CT molecular complexity index is 422. The number of nitrogens with one attached hydrogen (secondary N) is 1. The van der Waals surface area contributed by atoms with Crippen molar-refractivity contribution >= 4 is 15.9 Å². The Labute approximate surface area is 131 Å². The highest BCUT2D eigenvalue weighted by molar-refractivity contribution is 9.10. The Hall–Kier alpha value is -0.390. The molecule has 0 atom stereocenters. The molecule has 1 aliphatic heterocycles. The van der Waals surface area contributed by atoms with E-state index in [1.807, 2.05) is 11.7 Å². The highest BCUT2D eigenvalue weighted by atomic mass is 79.9. The molecule has 1 aromatic rings. The smallest absolute Gasteiger partial charge is 0.0767 e. The van der Waals surface area contributed by atoms with E-state index in [4.69, 9.17) is 0 Å². The molecule has 4 nitrogen and oxygen atoms in total. The van der Waals surface area contributed by atoms with Gasteiger partial charge >= 0.3 is 0 Å². The molecule has 2 heterocycles. The summed E-state index contributed by atoms with van der Waals surface area (Å²) in [4.78, 5) is 2.54. The molecule has 1 aromatic heterocycles. The fourth-order valence-corrected chi connectivity index (χ4v) is 3.67. The fourth-order valence-electron chi connectivity index (χ4n) is 2.91. The minimum atomic E-state index is 0.829. The maximum Gasteiger partial charge on any atom is 0.0767 e. The normalized spacial score (nSPS) is 17.8. The minimum absolute atomic E-state index is 0.829. The first kappa shape index (κ1) is 16.0. The van der Waals surface area contributed by atoms with Crippen molar-refractivity contribution in [3.05, 3.63) is 15.9 Å². The summed E-state index contributed by atoms with van der Waals surface area (Å²) in [5.74, 6) is 0.829. The van der Waals surface area contributed by atoms with Crippen molar-refractivity contribution in [3.8, 4) is 0 Å². The van der Waals surface area contributed by atoms with Crippen molar-refractivity contribution in [3.63, 3.8) is 0 Å². The van der Waals surface area contributed by atoms with E-state index in [2.05, 4.69) is 45.1 Å². The van der Waals surface area contributed by atoms with Gasteiger partial charge in [0.25, 0.3) is 0 Å². The summed E-state index contributed by atoms with van der Waals surface area (Å²) in [6, 6.07) is 0. The summed E-state index contributed by atoms with van der Waals surface area (Å²) >= 11 is 3.68. The number of nitrogens with zero attached hydrogens (tertiary/aromatic N) is 3. The average Bonchev–Trinajstić information content (AvgIpc) is 2.75. The zero-order valence-corrected chi connectivity index (χ0v) is 14.5. The third-order valence-corrected chi connectivity index (χ3v) is 5.30. The van der Waals surface area contributed by atoms with Crippen LogP contribution in [0.3, 0.4) is 0 Å². The molecular formula is C15H27BrN4. The number of piperidine rings is 1. The van der Waals surface area contributed by atoms with Gasteiger partial charge < -0.3 is 10.2 Å². The molecule has 1 N–H and O–H groups in total. The molecule has 0 radical (unpaired) electrons. The van der Waals surface area contributed by atoms with Crippen molar-refractivity contribution in [2.75, 3.05) is 26.2 Å². The van der Waals surface area contributed by atoms with Gasteiger partial charge in [0.2, 0.25) is 0 Å². The van der Waals surface area contributed by atoms with Crippen LogP contribution < -0.4 is 5.32 Å². The van der Waals surface area contributed by atoms with Crippen LogP contribution in [-0.4, -0.2) is 40.9 Å². The zero-order valence-electron chi connectivity index (χ0n) is 13.0. The van der Waals surface area contributed by atoms with Crippen LogP contribution in [0.2, 0.25) is 0 Å². The van der Waals surface area contributed by atoms with Gasteiger partial charge in [-0.05, 0) is 67.3 Å². The van der Waals surface area contributed by atoms with Gasteiger partial charge in [-0.1, -0.05) is 13.8 Å². The first-order valence-electron chi connectivity index (χ1n) is 7.79. The van der Waals surface area contributed by atoms with E-state index in [1.165, 1.54) is 42.6 Å². The van der Waals surface area contributed by atoms with Crippen LogP contribution in [0.1, 0.15) is 38.1 Å². The number of aromatic nitrogens is 2. The molecule has 20 heavy (non-hydrogen) atoms. The summed E-state index contributed by atoms with van der Waals surface area (Å²) in [5.41, 5.74) is 2.41. The van der Waals surface area contributed by atoms with Crippen LogP contribution in [0.25, 0.3) is 0 Å². The number of likely N-dealkylation sites (tertiary alicyclic amines) is 1. The van der Waals surface area contributed by atoms with E-state index in [0.717, 1.165) is 31.1 Å². The molecule has 0 bridgehead atoms. The molecule has 114 valence electrons. The summed E-state index contributed by atoms with van der Waals surface area (Å²) in [6.45, 7) is 10.1. The Morgan fingerprint density at radius 2 is 2.00 bits per heavy atom. The molecular weight excluding hydrogens is 316 g/mol. The summed E-state index contributed by atoms with van der Waals surface area (Å²) in [5, 5.41) is 8.15. The Morgan fingerprint density at radius 1 is 1.30 bits per heavy atom. The molecule has 0 amide bonds. The van der Waals surface area contributed by atoms with E-state index in [1.54, 1.807) is 0 Å². The van der Waals surface area contributed by atoms with E-state index in [9.17, 15) is 0 Å². The van der Waals surface area contributed by atoms with Gasteiger partial charge in [0.15, 0.2) is 0 Å². The molecule has 0 unspecified atom stereocenters. The molecule has 0 aliphatic carbocycles. The highest BCUT2D eigenvalue weighted by Gasteiger charge is 2.18. The highest BCUT2D eigenvalue weighted by Crippen LogP contribution is 2.22. The van der Waals surface area contributed by atoms with E-state index >= 15 is 0 Å².